The summed E-state index contributed by atoms with van der Waals surface area (Å²) in [5, 5.41) is 3.14. The monoisotopic (exact) mass is 168 g/mol. The van der Waals surface area contributed by atoms with Crippen molar-refractivity contribution in [3.8, 4) is 0 Å². The zero-order chi connectivity index (χ0) is 9.19. The van der Waals surface area contributed by atoms with Crippen molar-refractivity contribution in [3.63, 3.8) is 0 Å². The van der Waals surface area contributed by atoms with Crippen LogP contribution in [0.4, 0.5) is 10.1 Å². The lowest BCUT2D eigenvalue weighted by atomic mass is 10.1. The summed E-state index contributed by atoms with van der Waals surface area (Å²) in [6.07, 6.45) is 1.45. The van der Waals surface area contributed by atoms with Gasteiger partial charge in [-0.3, -0.25) is 0 Å². The van der Waals surface area contributed by atoms with Crippen molar-refractivity contribution in [1.82, 2.24) is 4.98 Å². The first-order valence-electron chi connectivity index (χ1n) is 3.87. The molecule has 0 saturated heterocycles. The first-order valence-corrected chi connectivity index (χ1v) is 3.87. The second kappa shape index (κ2) is 3.09. The quantitative estimate of drug-likeness (QED) is 0.651. The number of pyridine rings is 1. The predicted molar refractivity (Wildman–Crippen MR) is 47.6 cm³/mol. The molecule has 12 heavy (non-hydrogen) atoms. The van der Waals surface area contributed by atoms with Gasteiger partial charge in [-0.15, -0.1) is 0 Å². The smallest absolute Gasteiger partial charge is 0.214 e. The van der Waals surface area contributed by atoms with Crippen LogP contribution in [0.1, 0.15) is 20.8 Å². The Morgan fingerprint density at radius 1 is 1.42 bits per heavy atom. The van der Waals surface area contributed by atoms with Gasteiger partial charge in [-0.05, 0) is 26.8 Å². The second-order valence-electron chi connectivity index (χ2n) is 3.74. The minimum Gasteiger partial charge on any atom is -0.380 e. The van der Waals surface area contributed by atoms with Crippen LogP contribution in [-0.2, 0) is 0 Å². The van der Waals surface area contributed by atoms with Crippen LogP contribution < -0.4 is 5.32 Å². The Kier molecular flexibility index (Phi) is 2.31. The van der Waals surface area contributed by atoms with E-state index < -0.39 is 5.95 Å². The summed E-state index contributed by atoms with van der Waals surface area (Å²) in [7, 11) is 0. The van der Waals surface area contributed by atoms with E-state index in [-0.39, 0.29) is 5.54 Å². The van der Waals surface area contributed by atoms with Gasteiger partial charge in [0, 0.05) is 23.5 Å². The number of hydrogen-bond donors (Lipinski definition) is 1. The number of aromatic nitrogens is 1. The van der Waals surface area contributed by atoms with E-state index in [2.05, 4.69) is 10.3 Å². The van der Waals surface area contributed by atoms with E-state index in [0.29, 0.717) is 0 Å². The Hall–Kier alpha value is -1.12. The van der Waals surface area contributed by atoms with Crippen LogP contribution in [0.3, 0.4) is 0 Å². The van der Waals surface area contributed by atoms with E-state index in [4.69, 9.17) is 0 Å². The molecule has 0 fully saturated rings. The van der Waals surface area contributed by atoms with Crippen molar-refractivity contribution in [3.05, 3.63) is 24.3 Å². The maximum absolute atomic E-state index is 12.6. The van der Waals surface area contributed by atoms with Gasteiger partial charge in [0.2, 0.25) is 5.95 Å². The third-order valence-corrected chi connectivity index (χ3v) is 1.25. The minimum absolute atomic E-state index is 0.0478. The number of halogens is 1. The maximum Gasteiger partial charge on any atom is 0.214 e. The van der Waals surface area contributed by atoms with Crippen molar-refractivity contribution in [2.24, 2.45) is 0 Å². The molecule has 0 atom stereocenters. The zero-order valence-electron chi connectivity index (χ0n) is 7.56. The molecule has 0 bridgehead atoms. The molecule has 0 aliphatic carbocycles. The van der Waals surface area contributed by atoms with Crippen LogP contribution in [0, 0.1) is 5.95 Å². The lowest BCUT2D eigenvalue weighted by Crippen LogP contribution is -2.26. The van der Waals surface area contributed by atoms with E-state index in [1.54, 1.807) is 6.07 Å². The number of nitrogens with one attached hydrogen (secondary N) is 1. The molecule has 1 heterocycles. The molecule has 2 nitrogen and oxygen atoms in total. The molecule has 66 valence electrons. The van der Waals surface area contributed by atoms with Crippen molar-refractivity contribution in [1.29, 1.82) is 0 Å². The summed E-state index contributed by atoms with van der Waals surface area (Å²) >= 11 is 0. The standard InChI is InChI=1S/C9H13FN2/c1-9(2,3)12-7-4-5-11-8(10)6-7/h4-6H,1-3H3,(H,11,12). The molecule has 1 N–H and O–H groups in total. The zero-order valence-corrected chi connectivity index (χ0v) is 7.56. The van der Waals surface area contributed by atoms with Gasteiger partial charge < -0.3 is 5.32 Å². The van der Waals surface area contributed by atoms with Crippen LogP contribution in [0.15, 0.2) is 18.3 Å². The van der Waals surface area contributed by atoms with Crippen LogP contribution in [0.5, 0.6) is 0 Å². The SMILES string of the molecule is CC(C)(C)Nc1ccnc(F)c1. The van der Waals surface area contributed by atoms with Gasteiger partial charge in [0.25, 0.3) is 0 Å². The van der Waals surface area contributed by atoms with Crippen molar-refractivity contribution < 1.29 is 4.39 Å². The maximum atomic E-state index is 12.6. The minimum atomic E-state index is -0.454. The average molecular weight is 168 g/mol. The average Bonchev–Trinajstić information content (AvgIpc) is 1.82. The highest BCUT2D eigenvalue weighted by atomic mass is 19.1. The molecule has 1 rings (SSSR count). The molecule has 0 spiro atoms. The Morgan fingerprint density at radius 2 is 2.08 bits per heavy atom. The van der Waals surface area contributed by atoms with Crippen molar-refractivity contribution >= 4 is 5.69 Å². The number of anilines is 1. The molecule has 1 aromatic heterocycles. The molecule has 0 aliphatic rings. The van der Waals surface area contributed by atoms with E-state index >= 15 is 0 Å². The fourth-order valence-electron chi connectivity index (χ4n) is 0.913. The molecule has 0 saturated carbocycles. The van der Waals surface area contributed by atoms with Gasteiger partial charge in [0.1, 0.15) is 0 Å². The first kappa shape index (κ1) is 8.97. The third-order valence-electron chi connectivity index (χ3n) is 1.25. The Bertz CT molecular complexity index is 265. The van der Waals surface area contributed by atoms with Crippen LogP contribution in [0.2, 0.25) is 0 Å². The number of hydrogen-bond acceptors (Lipinski definition) is 2. The fourth-order valence-corrected chi connectivity index (χ4v) is 0.913. The van der Waals surface area contributed by atoms with Crippen LogP contribution >= 0.6 is 0 Å². The highest BCUT2D eigenvalue weighted by Gasteiger charge is 2.08. The van der Waals surface area contributed by atoms with E-state index in [1.165, 1.54) is 12.3 Å². The van der Waals surface area contributed by atoms with Gasteiger partial charge in [-0.1, -0.05) is 0 Å². The summed E-state index contributed by atoms with van der Waals surface area (Å²) in [5.41, 5.74) is 0.711. The Balaban J connectivity index is 2.77. The molecule has 0 aromatic carbocycles. The Labute approximate surface area is 71.8 Å². The number of nitrogens with zero attached hydrogens (tertiary/aromatic N) is 1. The highest BCUT2D eigenvalue weighted by Crippen LogP contribution is 2.13. The van der Waals surface area contributed by atoms with Gasteiger partial charge in [-0.2, -0.15) is 4.39 Å². The summed E-state index contributed by atoms with van der Waals surface area (Å²) < 4.78 is 12.6. The van der Waals surface area contributed by atoms with Gasteiger partial charge >= 0.3 is 0 Å². The van der Waals surface area contributed by atoms with Crippen molar-refractivity contribution in [2.45, 2.75) is 26.3 Å². The topological polar surface area (TPSA) is 24.9 Å². The summed E-state index contributed by atoms with van der Waals surface area (Å²) in [6, 6.07) is 3.12. The third kappa shape index (κ3) is 2.86. The molecular formula is C9H13FN2. The molecular weight excluding hydrogens is 155 g/mol. The summed E-state index contributed by atoms with van der Waals surface area (Å²) in [4.78, 5) is 3.46. The molecule has 0 radical (unpaired) electrons. The normalized spacial score (nSPS) is 11.3. The van der Waals surface area contributed by atoms with Gasteiger partial charge in [0.05, 0.1) is 0 Å². The summed E-state index contributed by atoms with van der Waals surface area (Å²) in [6.45, 7) is 6.06. The molecule has 1 aromatic rings. The van der Waals surface area contributed by atoms with E-state index in [9.17, 15) is 4.39 Å². The van der Waals surface area contributed by atoms with Crippen LogP contribution in [-0.4, -0.2) is 10.5 Å². The predicted octanol–water partition coefficient (Wildman–Crippen LogP) is 2.43. The first-order chi connectivity index (χ1) is 5.47. The lowest BCUT2D eigenvalue weighted by molar-refractivity contribution is 0.581. The molecule has 0 aliphatic heterocycles. The van der Waals surface area contributed by atoms with Gasteiger partial charge in [-0.25, -0.2) is 4.98 Å². The molecule has 3 heteroatoms. The Morgan fingerprint density at radius 3 is 2.58 bits per heavy atom. The summed E-state index contributed by atoms with van der Waals surface area (Å²) in [5.74, 6) is -0.454. The molecule has 0 amide bonds. The molecule has 0 unspecified atom stereocenters. The second-order valence-corrected chi connectivity index (χ2v) is 3.74. The van der Waals surface area contributed by atoms with E-state index in [1.807, 2.05) is 20.8 Å². The largest absolute Gasteiger partial charge is 0.380 e. The van der Waals surface area contributed by atoms with Crippen molar-refractivity contribution in [2.75, 3.05) is 5.32 Å². The van der Waals surface area contributed by atoms with E-state index in [0.717, 1.165) is 5.69 Å². The van der Waals surface area contributed by atoms with Gasteiger partial charge in [0.15, 0.2) is 0 Å². The van der Waals surface area contributed by atoms with Crippen LogP contribution in [0.25, 0.3) is 0 Å². The lowest BCUT2D eigenvalue weighted by Gasteiger charge is -2.21. The fraction of sp³-hybridized carbons (Fsp3) is 0.444. The number of rotatable bonds is 1. The highest BCUT2D eigenvalue weighted by molar-refractivity contribution is 5.43.